The predicted octanol–water partition coefficient (Wildman–Crippen LogP) is 1.80. The van der Waals surface area contributed by atoms with Crippen molar-refractivity contribution in [2.75, 3.05) is 11.6 Å². The van der Waals surface area contributed by atoms with Crippen LogP contribution in [0.4, 0.5) is 5.69 Å². The molecule has 0 saturated carbocycles. The lowest BCUT2D eigenvalue weighted by atomic mass is 10.3. The van der Waals surface area contributed by atoms with E-state index in [-0.39, 0.29) is 0 Å². The highest BCUT2D eigenvalue weighted by Gasteiger charge is 2.05. The molecule has 0 aliphatic heterocycles. The van der Waals surface area contributed by atoms with Crippen molar-refractivity contribution >= 4 is 15.5 Å². The second-order valence-electron chi connectivity index (χ2n) is 4.25. The first-order chi connectivity index (χ1) is 8.95. The smallest absolute Gasteiger partial charge is 0.175 e. The highest BCUT2D eigenvalue weighted by Crippen LogP contribution is 2.14. The number of nitrogens with zero attached hydrogens (tertiary/aromatic N) is 2. The molecule has 0 amide bonds. The summed E-state index contributed by atoms with van der Waals surface area (Å²) >= 11 is 0. The van der Waals surface area contributed by atoms with E-state index in [9.17, 15) is 8.42 Å². The molecule has 0 saturated heterocycles. The fraction of sp³-hybridized carbons (Fsp3) is 0.231. The third-order valence-electron chi connectivity index (χ3n) is 2.59. The van der Waals surface area contributed by atoms with Crippen LogP contribution in [0.2, 0.25) is 0 Å². The van der Waals surface area contributed by atoms with Crippen molar-refractivity contribution in [1.29, 1.82) is 0 Å². The van der Waals surface area contributed by atoms with Crippen LogP contribution in [-0.4, -0.2) is 24.6 Å². The van der Waals surface area contributed by atoms with Crippen LogP contribution >= 0.6 is 0 Å². The van der Waals surface area contributed by atoms with Crippen LogP contribution in [0, 0.1) is 6.92 Å². The summed E-state index contributed by atoms with van der Waals surface area (Å²) in [6, 6.07) is 8.49. The Morgan fingerprint density at radius 2 is 1.84 bits per heavy atom. The summed E-state index contributed by atoms with van der Waals surface area (Å²) in [5.74, 6) is 0.728. The summed E-state index contributed by atoms with van der Waals surface area (Å²) in [4.78, 5) is 8.62. The number of hydrogen-bond donors (Lipinski definition) is 1. The number of sulfone groups is 1. The van der Waals surface area contributed by atoms with Crippen molar-refractivity contribution in [2.45, 2.75) is 18.4 Å². The summed E-state index contributed by atoms with van der Waals surface area (Å²) in [6.07, 6.45) is 2.91. The quantitative estimate of drug-likeness (QED) is 0.922. The lowest BCUT2D eigenvalue weighted by Gasteiger charge is -2.07. The van der Waals surface area contributed by atoms with Crippen LogP contribution in [0.15, 0.2) is 41.4 Å². The third-order valence-corrected chi connectivity index (χ3v) is 3.72. The van der Waals surface area contributed by atoms with E-state index in [1.165, 1.54) is 6.26 Å². The van der Waals surface area contributed by atoms with Crippen molar-refractivity contribution in [2.24, 2.45) is 0 Å². The minimum atomic E-state index is -3.14. The average Bonchev–Trinajstić information content (AvgIpc) is 2.36. The van der Waals surface area contributed by atoms with Crippen molar-refractivity contribution < 1.29 is 8.42 Å². The molecule has 0 aliphatic rings. The van der Waals surface area contributed by atoms with Crippen LogP contribution < -0.4 is 5.32 Å². The van der Waals surface area contributed by atoms with E-state index >= 15 is 0 Å². The molecular formula is C13H15N3O2S. The average molecular weight is 277 g/mol. The largest absolute Gasteiger partial charge is 0.379 e. The fourth-order valence-electron chi connectivity index (χ4n) is 1.62. The van der Waals surface area contributed by atoms with Gasteiger partial charge in [0.15, 0.2) is 9.84 Å². The zero-order valence-electron chi connectivity index (χ0n) is 10.8. The minimum Gasteiger partial charge on any atom is -0.379 e. The van der Waals surface area contributed by atoms with E-state index in [1.807, 2.05) is 13.0 Å². The van der Waals surface area contributed by atoms with E-state index in [0.717, 1.165) is 17.2 Å². The summed E-state index contributed by atoms with van der Waals surface area (Å²) in [7, 11) is -3.14. The first kappa shape index (κ1) is 13.5. The van der Waals surface area contributed by atoms with Crippen molar-refractivity contribution in [1.82, 2.24) is 9.97 Å². The Labute approximate surface area is 112 Å². The van der Waals surface area contributed by atoms with Gasteiger partial charge in [-0.05, 0) is 37.3 Å². The van der Waals surface area contributed by atoms with E-state index in [0.29, 0.717) is 11.4 Å². The van der Waals surface area contributed by atoms with E-state index in [2.05, 4.69) is 15.3 Å². The Bertz CT molecular complexity index is 667. The van der Waals surface area contributed by atoms with Crippen molar-refractivity contribution in [3.8, 4) is 0 Å². The molecule has 2 aromatic rings. The lowest BCUT2D eigenvalue weighted by Crippen LogP contribution is -2.03. The van der Waals surface area contributed by atoms with Gasteiger partial charge in [-0.2, -0.15) is 0 Å². The van der Waals surface area contributed by atoms with Gasteiger partial charge in [-0.1, -0.05) is 0 Å². The topological polar surface area (TPSA) is 72.0 Å². The lowest BCUT2D eigenvalue weighted by molar-refractivity contribution is 0.602. The Hall–Kier alpha value is -1.95. The number of aryl methyl sites for hydroxylation is 1. The summed E-state index contributed by atoms with van der Waals surface area (Å²) in [6.45, 7) is 2.41. The Kier molecular flexibility index (Phi) is 3.80. The number of nitrogens with one attached hydrogen (secondary N) is 1. The third kappa shape index (κ3) is 3.75. The van der Waals surface area contributed by atoms with E-state index in [1.54, 1.807) is 30.5 Å². The molecule has 1 aromatic heterocycles. The standard InChI is InChI=1S/C13H15N3O2S/c1-10-14-8-7-12(16-10)9-15-11-3-5-13(6-4-11)19(2,17)18/h3-8,15H,9H2,1-2H3. The number of anilines is 1. The molecule has 6 heteroatoms. The molecule has 100 valence electrons. The number of hydrogen-bond acceptors (Lipinski definition) is 5. The molecule has 0 spiro atoms. The maximum Gasteiger partial charge on any atom is 0.175 e. The van der Waals surface area contributed by atoms with Crippen molar-refractivity contribution in [3.63, 3.8) is 0 Å². The van der Waals surface area contributed by atoms with E-state index in [4.69, 9.17) is 0 Å². The van der Waals surface area contributed by atoms with Gasteiger partial charge in [0.2, 0.25) is 0 Å². The molecule has 1 N–H and O–H groups in total. The van der Waals surface area contributed by atoms with Gasteiger partial charge in [-0.3, -0.25) is 0 Å². The molecule has 0 bridgehead atoms. The molecule has 0 unspecified atom stereocenters. The van der Waals surface area contributed by atoms with Gasteiger partial charge < -0.3 is 5.32 Å². The van der Waals surface area contributed by atoms with Crippen LogP contribution in [0.5, 0.6) is 0 Å². The molecule has 2 rings (SSSR count). The van der Waals surface area contributed by atoms with Gasteiger partial charge in [0.25, 0.3) is 0 Å². The molecule has 0 fully saturated rings. The maximum absolute atomic E-state index is 11.3. The first-order valence-corrected chi connectivity index (χ1v) is 7.67. The highest BCUT2D eigenvalue weighted by molar-refractivity contribution is 7.90. The van der Waals surface area contributed by atoms with Gasteiger partial charge in [0, 0.05) is 18.1 Å². The maximum atomic E-state index is 11.3. The Morgan fingerprint density at radius 3 is 2.42 bits per heavy atom. The van der Waals surface area contributed by atoms with Crippen LogP contribution in [-0.2, 0) is 16.4 Å². The first-order valence-electron chi connectivity index (χ1n) is 5.78. The molecule has 19 heavy (non-hydrogen) atoms. The zero-order chi connectivity index (χ0) is 13.9. The SMILES string of the molecule is Cc1nccc(CNc2ccc(S(C)(=O)=O)cc2)n1. The van der Waals surface area contributed by atoms with Gasteiger partial charge >= 0.3 is 0 Å². The second-order valence-corrected chi connectivity index (χ2v) is 6.26. The Balaban J connectivity index is 2.05. The molecule has 5 nitrogen and oxygen atoms in total. The van der Waals surface area contributed by atoms with Gasteiger partial charge in [0.05, 0.1) is 17.1 Å². The number of benzene rings is 1. The van der Waals surface area contributed by atoms with Crippen LogP contribution in [0.3, 0.4) is 0 Å². The van der Waals surface area contributed by atoms with Gasteiger partial charge in [-0.25, -0.2) is 18.4 Å². The number of aromatic nitrogens is 2. The summed E-state index contributed by atoms with van der Waals surface area (Å²) < 4.78 is 22.6. The Morgan fingerprint density at radius 1 is 1.16 bits per heavy atom. The van der Waals surface area contributed by atoms with Crippen molar-refractivity contribution in [3.05, 3.63) is 48.0 Å². The fourth-order valence-corrected chi connectivity index (χ4v) is 2.25. The van der Waals surface area contributed by atoms with Gasteiger partial charge in [0.1, 0.15) is 5.82 Å². The predicted molar refractivity (Wildman–Crippen MR) is 73.6 cm³/mol. The molecule has 1 heterocycles. The second kappa shape index (κ2) is 5.36. The van der Waals surface area contributed by atoms with Crippen LogP contribution in [0.1, 0.15) is 11.5 Å². The molecule has 0 atom stereocenters. The summed E-state index contributed by atoms with van der Waals surface area (Å²) in [5.41, 5.74) is 1.74. The van der Waals surface area contributed by atoms with Crippen LogP contribution in [0.25, 0.3) is 0 Å². The molecule has 0 radical (unpaired) electrons. The normalized spacial score (nSPS) is 11.3. The molecule has 0 aliphatic carbocycles. The molecular weight excluding hydrogens is 262 g/mol. The summed E-state index contributed by atoms with van der Waals surface area (Å²) in [5, 5.41) is 3.18. The molecule has 1 aromatic carbocycles. The number of rotatable bonds is 4. The highest BCUT2D eigenvalue weighted by atomic mass is 32.2. The van der Waals surface area contributed by atoms with E-state index < -0.39 is 9.84 Å². The minimum absolute atomic E-state index is 0.316. The zero-order valence-corrected chi connectivity index (χ0v) is 11.6. The van der Waals surface area contributed by atoms with Gasteiger partial charge in [-0.15, -0.1) is 0 Å². The monoisotopic (exact) mass is 277 g/mol.